The maximum absolute atomic E-state index is 5.90. The van der Waals surface area contributed by atoms with Crippen LogP contribution < -0.4 is 10.6 Å². The third kappa shape index (κ3) is 4.38. The van der Waals surface area contributed by atoms with Crippen LogP contribution in [-0.4, -0.2) is 13.1 Å². The monoisotopic (exact) mass is 266 g/mol. The molecule has 90 valence electrons. The Morgan fingerprint density at radius 1 is 1.12 bits per heavy atom. The van der Waals surface area contributed by atoms with Gasteiger partial charge in [0.15, 0.2) is 0 Å². The molecular formula is C13H15ClN2S. The Labute approximate surface area is 111 Å². The highest BCUT2D eigenvalue weighted by Gasteiger charge is 1.94. The van der Waals surface area contributed by atoms with Gasteiger partial charge in [0.1, 0.15) is 0 Å². The average Bonchev–Trinajstić information content (AvgIpc) is 2.82. The normalized spacial score (nSPS) is 10.4. The van der Waals surface area contributed by atoms with E-state index >= 15 is 0 Å². The first-order valence-corrected chi connectivity index (χ1v) is 6.83. The van der Waals surface area contributed by atoms with Crippen molar-refractivity contribution < 1.29 is 0 Å². The van der Waals surface area contributed by atoms with E-state index < -0.39 is 0 Å². The van der Waals surface area contributed by atoms with Crippen molar-refractivity contribution in [2.24, 2.45) is 0 Å². The fourth-order valence-corrected chi connectivity index (χ4v) is 2.38. The first kappa shape index (κ1) is 12.4. The van der Waals surface area contributed by atoms with Gasteiger partial charge in [-0.3, -0.25) is 0 Å². The topological polar surface area (TPSA) is 24.1 Å². The number of rotatable bonds is 6. The van der Waals surface area contributed by atoms with Crippen LogP contribution in [0.2, 0.25) is 5.02 Å². The van der Waals surface area contributed by atoms with Crippen molar-refractivity contribution in [3.8, 4) is 0 Å². The minimum absolute atomic E-state index is 0.765. The first-order chi connectivity index (χ1) is 8.34. The Hall–Kier alpha value is -1.03. The van der Waals surface area contributed by atoms with Gasteiger partial charge in [0.05, 0.1) is 0 Å². The van der Waals surface area contributed by atoms with Crippen molar-refractivity contribution in [3.63, 3.8) is 0 Å². The van der Waals surface area contributed by atoms with Crippen LogP contribution >= 0.6 is 22.9 Å². The molecule has 2 nitrogen and oxygen atoms in total. The summed E-state index contributed by atoms with van der Waals surface area (Å²) in [5, 5.41) is 9.57. The second kappa shape index (κ2) is 6.64. The lowest BCUT2D eigenvalue weighted by Crippen LogP contribution is -2.21. The Bertz CT molecular complexity index is 442. The number of benzene rings is 1. The standard InChI is InChI=1S/C13H15ClN2S/c14-11-3-1-4-12(9-11)16-7-6-15-10-13-5-2-8-17-13/h1-5,8-9,15-16H,6-7,10H2. The number of thiophene rings is 1. The van der Waals surface area contributed by atoms with E-state index in [1.54, 1.807) is 11.3 Å². The van der Waals surface area contributed by atoms with Crippen LogP contribution in [0.15, 0.2) is 41.8 Å². The van der Waals surface area contributed by atoms with Crippen LogP contribution in [0.3, 0.4) is 0 Å². The van der Waals surface area contributed by atoms with Gasteiger partial charge >= 0.3 is 0 Å². The highest BCUT2D eigenvalue weighted by atomic mass is 35.5. The van der Waals surface area contributed by atoms with Crippen LogP contribution in [0.5, 0.6) is 0 Å². The van der Waals surface area contributed by atoms with E-state index in [0.717, 1.165) is 30.3 Å². The quantitative estimate of drug-likeness (QED) is 0.781. The lowest BCUT2D eigenvalue weighted by atomic mass is 10.3. The van der Waals surface area contributed by atoms with Gasteiger partial charge in [-0.05, 0) is 29.6 Å². The molecule has 0 aliphatic heterocycles. The Morgan fingerprint density at radius 3 is 2.82 bits per heavy atom. The Balaban J connectivity index is 1.63. The summed E-state index contributed by atoms with van der Waals surface area (Å²) in [5.41, 5.74) is 1.07. The molecule has 2 aromatic rings. The lowest BCUT2D eigenvalue weighted by molar-refractivity contribution is 0.714. The SMILES string of the molecule is Clc1cccc(NCCNCc2cccs2)c1. The molecule has 0 radical (unpaired) electrons. The van der Waals surface area contributed by atoms with Crippen molar-refractivity contribution in [2.45, 2.75) is 6.54 Å². The zero-order valence-corrected chi connectivity index (χ0v) is 11.0. The van der Waals surface area contributed by atoms with Crippen molar-refractivity contribution in [3.05, 3.63) is 51.7 Å². The molecule has 1 aromatic carbocycles. The molecule has 17 heavy (non-hydrogen) atoms. The largest absolute Gasteiger partial charge is 0.384 e. The predicted octanol–water partition coefficient (Wildman–Crippen LogP) is 3.60. The number of hydrogen-bond donors (Lipinski definition) is 2. The van der Waals surface area contributed by atoms with Crippen LogP contribution in [0.25, 0.3) is 0 Å². The fraction of sp³-hybridized carbons (Fsp3) is 0.231. The van der Waals surface area contributed by atoms with Crippen LogP contribution in [0.4, 0.5) is 5.69 Å². The zero-order chi connectivity index (χ0) is 11.9. The summed E-state index contributed by atoms with van der Waals surface area (Å²) in [4.78, 5) is 1.37. The third-order valence-electron chi connectivity index (χ3n) is 2.33. The molecule has 0 unspecified atom stereocenters. The minimum Gasteiger partial charge on any atom is -0.384 e. The fourth-order valence-electron chi connectivity index (χ4n) is 1.52. The summed E-state index contributed by atoms with van der Waals surface area (Å²) in [6, 6.07) is 12.0. The highest BCUT2D eigenvalue weighted by Crippen LogP contribution is 2.14. The Kier molecular flexibility index (Phi) is 4.86. The predicted molar refractivity (Wildman–Crippen MR) is 76.0 cm³/mol. The molecule has 0 spiro atoms. The molecule has 0 atom stereocenters. The minimum atomic E-state index is 0.765. The van der Waals surface area contributed by atoms with E-state index in [-0.39, 0.29) is 0 Å². The molecule has 0 aliphatic rings. The highest BCUT2D eigenvalue weighted by molar-refractivity contribution is 7.09. The van der Waals surface area contributed by atoms with Gasteiger partial charge in [0.25, 0.3) is 0 Å². The number of halogens is 1. The second-order valence-corrected chi connectivity index (χ2v) is 5.16. The van der Waals surface area contributed by atoms with E-state index in [9.17, 15) is 0 Å². The summed E-state index contributed by atoms with van der Waals surface area (Å²) >= 11 is 7.68. The van der Waals surface area contributed by atoms with Gasteiger partial charge in [-0.2, -0.15) is 0 Å². The van der Waals surface area contributed by atoms with E-state index in [4.69, 9.17) is 11.6 Å². The molecule has 0 saturated heterocycles. The summed E-state index contributed by atoms with van der Waals surface area (Å²) in [6.07, 6.45) is 0. The van der Waals surface area contributed by atoms with Crippen molar-refractivity contribution in [1.29, 1.82) is 0 Å². The van der Waals surface area contributed by atoms with Crippen molar-refractivity contribution in [2.75, 3.05) is 18.4 Å². The maximum atomic E-state index is 5.90. The van der Waals surface area contributed by atoms with Crippen LogP contribution in [-0.2, 0) is 6.54 Å². The third-order valence-corrected chi connectivity index (χ3v) is 3.45. The summed E-state index contributed by atoms with van der Waals surface area (Å²) in [6.45, 7) is 2.77. The van der Waals surface area contributed by atoms with Crippen LogP contribution in [0.1, 0.15) is 4.88 Å². The molecule has 0 bridgehead atoms. The summed E-state index contributed by atoms with van der Waals surface area (Å²) < 4.78 is 0. The Morgan fingerprint density at radius 2 is 2.06 bits per heavy atom. The number of anilines is 1. The van der Waals surface area contributed by atoms with Gasteiger partial charge in [-0.25, -0.2) is 0 Å². The smallest absolute Gasteiger partial charge is 0.0426 e. The molecule has 0 saturated carbocycles. The van der Waals surface area contributed by atoms with E-state index in [1.165, 1.54) is 4.88 Å². The van der Waals surface area contributed by atoms with E-state index in [1.807, 2.05) is 24.3 Å². The summed E-state index contributed by atoms with van der Waals surface area (Å²) in [5.74, 6) is 0. The van der Waals surface area contributed by atoms with E-state index in [0.29, 0.717) is 0 Å². The molecule has 0 fully saturated rings. The van der Waals surface area contributed by atoms with Gasteiger partial charge in [-0.1, -0.05) is 23.7 Å². The van der Waals surface area contributed by atoms with E-state index in [2.05, 4.69) is 28.1 Å². The summed E-state index contributed by atoms with van der Waals surface area (Å²) in [7, 11) is 0. The molecule has 1 heterocycles. The van der Waals surface area contributed by atoms with Gasteiger partial charge in [0.2, 0.25) is 0 Å². The molecule has 2 rings (SSSR count). The molecule has 4 heteroatoms. The van der Waals surface area contributed by atoms with Crippen LogP contribution in [0, 0.1) is 0 Å². The second-order valence-electron chi connectivity index (χ2n) is 3.69. The lowest BCUT2D eigenvalue weighted by Gasteiger charge is -2.07. The van der Waals surface area contributed by atoms with Crippen molar-refractivity contribution >= 4 is 28.6 Å². The van der Waals surface area contributed by atoms with Crippen molar-refractivity contribution in [1.82, 2.24) is 5.32 Å². The molecular weight excluding hydrogens is 252 g/mol. The number of nitrogens with one attached hydrogen (secondary N) is 2. The molecule has 0 aliphatic carbocycles. The van der Waals surface area contributed by atoms with Gasteiger partial charge in [-0.15, -0.1) is 11.3 Å². The van der Waals surface area contributed by atoms with Gasteiger partial charge < -0.3 is 10.6 Å². The first-order valence-electron chi connectivity index (χ1n) is 5.57. The molecule has 2 N–H and O–H groups in total. The zero-order valence-electron chi connectivity index (χ0n) is 9.45. The maximum Gasteiger partial charge on any atom is 0.0426 e. The molecule has 0 amide bonds. The average molecular weight is 267 g/mol. The number of hydrogen-bond acceptors (Lipinski definition) is 3. The van der Waals surface area contributed by atoms with Gasteiger partial charge in [0, 0.05) is 35.2 Å². The molecule has 1 aromatic heterocycles.